The van der Waals surface area contributed by atoms with E-state index in [2.05, 4.69) is 35.8 Å². The molecule has 0 amide bonds. The molecule has 1 aromatic carbocycles. The molecule has 0 atom stereocenters. The van der Waals surface area contributed by atoms with Gasteiger partial charge in [0.05, 0.1) is 11.0 Å². The molecule has 6 heteroatoms. The van der Waals surface area contributed by atoms with Crippen molar-refractivity contribution in [3.05, 3.63) is 42.4 Å². The van der Waals surface area contributed by atoms with Crippen molar-refractivity contribution in [2.24, 2.45) is 0 Å². The summed E-state index contributed by atoms with van der Waals surface area (Å²) in [6.07, 6.45) is 1.64. The maximum absolute atomic E-state index is 4.67. The van der Waals surface area contributed by atoms with E-state index in [1.807, 2.05) is 31.2 Å². The van der Waals surface area contributed by atoms with Crippen LogP contribution in [-0.2, 0) is 0 Å². The van der Waals surface area contributed by atoms with Crippen LogP contribution in [0.5, 0.6) is 0 Å². The number of hydrogen-bond donors (Lipinski definition) is 1. The molecule has 0 radical (unpaired) electrons. The third-order valence-corrected chi connectivity index (χ3v) is 4.07. The smallest absolute Gasteiger partial charge is 0.203 e. The summed E-state index contributed by atoms with van der Waals surface area (Å²) in [5.41, 5.74) is 3.11. The number of aryl methyl sites for hydroxylation is 1. The number of anilines is 2. The number of nitrogens with zero attached hydrogens (tertiary/aromatic N) is 5. The Kier molecular flexibility index (Phi) is 3.14. The standard InChI is InChI=1S/C16H18N6/c1-12-10-15(18-11-17-12)21-6-8-22(9-7-21)16-19-13-4-2-3-5-14(13)20-16/h2-5,10-11H,6-9H2,1H3,(H,19,20). The van der Waals surface area contributed by atoms with Crippen molar-refractivity contribution in [1.29, 1.82) is 0 Å². The first-order valence-electron chi connectivity index (χ1n) is 7.53. The fourth-order valence-corrected chi connectivity index (χ4v) is 2.85. The van der Waals surface area contributed by atoms with Gasteiger partial charge in [0.1, 0.15) is 12.1 Å². The van der Waals surface area contributed by atoms with E-state index in [0.717, 1.165) is 54.7 Å². The lowest BCUT2D eigenvalue weighted by Gasteiger charge is -2.35. The summed E-state index contributed by atoms with van der Waals surface area (Å²) in [6, 6.07) is 10.2. The predicted octanol–water partition coefficient (Wildman–Crippen LogP) is 1.99. The molecule has 1 saturated heterocycles. The average Bonchev–Trinajstić information content (AvgIpc) is 2.99. The van der Waals surface area contributed by atoms with Gasteiger partial charge in [-0.1, -0.05) is 12.1 Å². The molecule has 112 valence electrons. The molecule has 2 aromatic heterocycles. The summed E-state index contributed by atoms with van der Waals surface area (Å²) in [7, 11) is 0. The molecule has 0 saturated carbocycles. The summed E-state index contributed by atoms with van der Waals surface area (Å²) in [5, 5.41) is 0. The number of nitrogens with one attached hydrogen (secondary N) is 1. The highest BCUT2D eigenvalue weighted by Gasteiger charge is 2.20. The molecule has 3 heterocycles. The van der Waals surface area contributed by atoms with Crippen LogP contribution in [0.25, 0.3) is 11.0 Å². The molecule has 1 aliphatic rings. The molecule has 1 aliphatic heterocycles. The normalized spacial score (nSPS) is 15.5. The Morgan fingerprint density at radius 3 is 2.55 bits per heavy atom. The fraction of sp³-hybridized carbons (Fsp3) is 0.312. The molecule has 4 rings (SSSR count). The largest absolute Gasteiger partial charge is 0.353 e. The number of aromatic amines is 1. The number of fused-ring (bicyclic) bond motifs is 1. The van der Waals surface area contributed by atoms with E-state index < -0.39 is 0 Å². The van der Waals surface area contributed by atoms with Gasteiger partial charge in [-0.05, 0) is 19.1 Å². The summed E-state index contributed by atoms with van der Waals surface area (Å²) in [4.78, 5) is 21.2. The van der Waals surface area contributed by atoms with Crippen molar-refractivity contribution in [1.82, 2.24) is 19.9 Å². The van der Waals surface area contributed by atoms with E-state index >= 15 is 0 Å². The minimum Gasteiger partial charge on any atom is -0.353 e. The van der Waals surface area contributed by atoms with Crippen molar-refractivity contribution >= 4 is 22.8 Å². The van der Waals surface area contributed by atoms with Gasteiger partial charge >= 0.3 is 0 Å². The molecule has 1 fully saturated rings. The van der Waals surface area contributed by atoms with Crippen LogP contribution in [0.15, 0.2) is 36.7 Å². The second-order valence-electron chi connectivity index (χ2n) is 5.57. The molecule has 1 N–H and O–H groups in total. The zero-order chi connectivity index (χ0) is 14.9. The topological polar surface area (TPSA) is 60.9 Å². The maximum atomic E-state index is 4.67. The Morgan fingerprint density at radius 2 is 1.77 bits per heavy atom. The second kappa shape index (κ2) is 5.29. The van der Waals surface area contributed by atoms with Gasteiger partial charge in [-0.25, -0.2) is 15.0 Å². The van der Waals surface area contributed by atoms with Gasteiger partial charge in [-0.3, -0.25) is 0 Å². The SMILES string of the molecule is Cc1cc(N2CCN(c3nc4ccccc4[nH]3)CC2)ncn1. The minimum absolute atomic E-state index is 0.933. The van der Waals surface area contributed by atoms with Gasteiger partial charge in [-0.15, -0.1) is 0 Å². The van der Waals surface area contributed by atoms with Gasteiger partial charge in [0.25, 0.3) is 0 Å². The quantitative estimate of drug-likeness (QED) is 0.783. The predicted molar refractivity (Wildman–Crippen MR) is 87.3 cm³/mol. The first-order valence-corrected chi connectivity index (χ1v) is 7.53. The van der Waals surface area contributed by atoms with E-state index in [9.17, 15) is 0 Å². The van der Waals surface area contributed by atoms with Crippen molar-refractivity contribution < 1.29 is 0 Å². The van der Waals surface area contributed by atoms with E-state index in [4.69, 9.17) is 0 Å². The zero-order valence-corrected chi connectivity index (χ0v) is 12.5. The highest BCUT2D eigenvalue weighted by atomic mass is 15.3. The Bertz CT molecular complexity index is 755. The highest BCUT2D eigenvalue weighted by Crippen LogP contribution is 2.20. The van der Waals surface area contributed by atoms with Gasteiger partial charge in [0.15, 0.2) is 0 Å². The molecule has 6 nitrogen and oxygen atoms in total. The number of aromatic nitrogens is 4. The molecular formula is C16H18N6. The van der Waals surface area contributed by atoms with Crippen molar-refractivity contribution in [2.75, 3.05) is 36.0 Å². The minimum atomic E-state index is 0.933. The van der Waals surface area contributed by atoms with Crippen molar-refractivity contribution in [2.45, 2.75) is 6.92 Å². The van der Waals surface area contributed by atoms with E-state index in [1.165, 1.54) is 0 Å². The number of imidazole rings is 1. The second-order valence-corrected chi connectivity index (χ2v) is 5.57. The van der Waals surface area contributed by atoms with E-state index in [0.29, 0.717) is 0 Å². The Morgan fingerprint density at radius 1 is 1.00 bits per heavy atom. The summed E-state index contributed by atoms with van der Waals surface area (Å²) in [5.74, 6) is 1.97. The number of rotatable bonds is 2. The first-order chi connectivity index (χ1) is 10.8. The molecule has 0 unspecified atom stereocenters. The lowest BCUT2D eigenvalue weighted by atomic mass is 10.3. The Hall–Kier alpha value is -2.63. The lowest BCUT2D eigenvalue weighted by molar-refractivity contribution is 0.637. The van der Waals surface area contributed by atoms with Gasteiger partial charge in [-0.2, -0.15) is 0 Å². The van der Waals surface area contributed by atoms with Crippen molar-refractivity contribution in [3.8, 4) is 0 Å². The van der Waals surface area contributed by atoms with Crippen LogP contribution < -0.4 is 9.80 Å². The van der Waals surface area contributed by atoms with Crippen LogP contribution in [0.3, 0.4) is 0 Å². The maximum Gasteiger partial charge on any atom is 0.203 e. The van der Waals surface area contributed by atoms with Crippen molar-refractivity contribution in [3.63, 3.8) is 0 Å². The van der Waals surface area contributed by atoms with Crippen LogP contribution >= 0.6 is 0 Å². The molecule has 0 aliphatic carbocycles. The molecule has 0 spiro atoms. The summed E-state index contributed by atoms with van der Waals surface area (Å²) in [6.45, 7) is 5.74. The molecule has 3 aromatic rings. The molecular weight excluding hydrogens is 276 g/mol. The summed E-state index contributed by atoms with van der Waals surface area (Å²) < 4.78 is 0. The Balaban J connectivity index is 1.49. The molecule has 22 heavy (non-hydrogen) atoms. The average molecular weight is 294 g/mol. The van der Waals surface area contributed by atoms with Gasteiger partial charge in [0.2, 0.25) is 5.95 Å². The van der Waals surface area contributed by atoms with Gasteiger partial charge < -0.3 is 14.8 Å². The van der Waals surface area contributed by atoms with Crippen LogP contribution in [0.1, 0.15) is 5.69 Å². The number of piperazine rings is 1. The number of benzene rings is 1. The van der Waals surface area contributed by atoms with Crippen LogP contribution in [0.2, 0.25) is 0 Å². The molecule has 0 bridgehead atoms. The van der Waals surface area contributed by atoms with Crippen LogP contribution in [0.4, 0.5) is 11.8 Å². The monoisotopic (exact) mass is 294 g/mol. The number of hydrogen-bond acceptors (Lipinski definition) is 5. The van der Waals surface area contributed by atoms with Crippen LogP contribution in [-0.4, -0.2) is 46.1 Å². The first kappa shape index (κ1) is 13.1. The number of para-hydroxylation sites is 2. The third-order valence-electron chi connectivity index (χ3n) is 4.07. The van der Waals surface area contributed by atoms with Gasteiger partial charge in [0, 0.05) is 37.9 Å². The lowest BCUT2D eigenvalue weighted by Crippen LogP contribution is -2.47. The number of H-pyrrole nitrogens is 1. The Labute approximate surface area is 128 Å². The zero-order valence-electron chi connectivity index (χ0n) is 12.5. The fourth-order valence-electron chi connectivity index (χ4n) is 2.85. The van der Waals surface area contributed by atoms with E-state index in [-0.39, 0.29) is 0 Å². The highest BCUT2D eigenvalue weighted by molar-refractivity contribution is 5.77. The van der Waals surface area contributed by atoms with Crippen LogP contribution in [0, 0.1) is 6.92 Å². The third kappa shape index (κ3) is 2.36. The summed E-state index contributed by atoms with van der Waals surface area (Å²) >= 11 is 0. The van der Waals surface area contributed by atoms with E-state index in [1.54, 1.807) is 6.33 Å².